The normalized spacial score (nSPS) is 12.8. The maximum Gasteiger partial charge on any atom is 0.335 e. The number of halogens is 3. The van der Waals surface area contributed by atoms with Gasteiger partial charge in [-0.2, -0.15) is 5.26 Å². The number of benzene rings is 3. The average Bonchev–Trinajstić information content (AvgIpc) is 3.79. The lowest BCUT2D eigenvalue weighted by molar-refractivity contribution is -0.137. The summed E-state index contributed by atoms with van der Waals surface area (Å²) < 4.78 is 55.2. The van der Waals surface area contributed by atoms with Crippen LogP contribution in [-0.4, -0.2) is 45.4 Å². The second-order valence-corrected chi connectivity index (χ2v) is 11.5. The van der Waals surface area contributed by atoms with Crippen molar-refractivity contribution in [2.75, 3.05) is 13.8 Å². The molecule has 1 saturated carbocycles. The number of fused-ring (bicyclic) bond motifs is 1. The number of carbonyl (C=O) groups excluding carboxylic acids is 1. The Kier molecular flexibility index (Phi) is 10.1. The minimum absolute atomic E-state index is 0.0895. The zero-order chi connectivity index (χ0) is 34.4. The molecular formula is C36H31F3N4O5. The van der Waals surface area contributed by atoms with Crippen LogP contribution in [0.1, 0.15) is 52.6 Å². The van der Waals surface area contributed by atoms with Crippen molar-refractivity contribution < 1.29 is 37.3 Å². The Morgan fingerprint density at radius 3 is 2.35 bits per heavy atom. The van der Waals surface area contributed by atoms with Crippen molar-refractivity contribution in [2.45, 2.75) is 39.3 Å². The molecule has 0 unspecified atom stereocenters. The molecule has 246 valence electrons. The van der Waals surface area contributed by atoms with Gasteiger partial charge in [0.25, 0.3) is 0 Å². The third kappa shape index (κ3) is 7.81. The van der Waals surface area contributed by atoms with E-state index in [4.69, 9.17) is 10.00 Å². The molecule has 0 atom stereocenters. The van der Waals surface area contributed by atoms with Crippen LogP contribution in [-0.2, 0) is 29.1 Å². The predicted octanol–water partition coefficient (Wildman–Crippen LogP) is 7.05. The molecule has 2 aromatic heterocycles. The van der Waals surface area contributed by atoms with Crippen LogP contribution in [0.5, 0.6) is 5.88 Å². The molecule has 3 aromatic carbocycles. The fourth-order valence-electron chi connectivity index (χ4n) is 5.03. The molecule has 48 heavy (non-hydrogen) atoms. The first-order chi connectivity index (χ1) is 23.0. The quantitative estimate of drug-likeness (QED) is 0.159. The van der Waals surface area contributed by atoms with Crippen LogP contribution in [0.25, 0.3) is 22.3 Å². The number of rotatable bonds is 10. The van der Waals surface area contributed by atoms with Crippen molar-refractivity contribution in [3.05, 3.63) is 113 Å². The summed E-state index contributed by atoms with van der Waals surface area (Å²) in [6, 6.07) is 20.4. The standard InChI is InChI=1S/C33H25F3N4O3.C3H6O2/c34-18-33(10-11-33)19-40-29-9-8-23(32(41)42)14-28(29)38-30(40)15-21-6-7-22(13-26(21)36)27-2-1-3-31(39-27)43-17-24-5-4-20(16-37)12-25(24)35;1-3(4)5-2/h1-9,12-14H,10-11,15,17-19H2,(H,41,42);1-2H3. The predicted molar refractivity (Wildman–Crippen MR) is 170 cm³/mol. The Morgan fingerprint density at radius 1 is 1.00 bits per heavy atom. The van der Waals surface area contributed by atoms with Crippen LogP contribution in [0.4, 0.5) is 13.2 Å². The van der Waals surface area contributed by atoms with Gasteiger partial charge in [-0.25, -0.2) is 23.5 Å². The molecule has 0 saturated heterocycles. The van der Waals surface area contributed by atoms with Gasteiger partial charge in [0.15, 0.2) is 0 Å². The summed E-state index contributed by atoms with van der Waals surface area (Å²) in [5.74, 6) is -1.62. The van der Waals surface area contributed by atoms with E-state index in [0.717, 1.165) is 18.9 Å². The van der Waals surface area contributed by atoms with E-state index >= 15 is 4.39 Å². The molecule has 1 aliphatic rings. The van der Waals surface area contributed by atoms with E-state index in [1.54, 1.807) is 36.4 Å². The van der Waals surface area contributed by atoms with Crippen molar-refractivity contribution in [1.82, 2.24) is 14.5 Å². The summed E-state index contributed by atoms with van der Waals surface area (Å²) >= 11 is 0. The molecule has 0 aliphatic heterocycles. The van der Waals surface area contributed by atoms with E-state index in [1.165, 1.54) is 44.4 Å². The highest BCUT2D eigenvalue weighted by molar-refractivity contribution is 5.92. The number of nitriles is 1. The number of ether oxygens (including phenoxy) is 2. The van der Waals surface area contributed by atoms with E-state index < -0.39 is 29.7 Å². The lowest BCUT2D eigenvalue weighted by Gasteiger charge is -2.16. The van der Waals surface area contributed by atoms with Gasteiger partial charge in [-0.05, 0) is 60.9 Å². The molecule has 2 heterocycles. The van der Waals surface area contributed by atoms with E-state index in [1.807, 2.05) is 10.6 Å². The third-order valence-corrected chi connectivity index (χ3v) is 8.07. The Hall–Kier alpha value is -5.70. The lowest BCUT2D eigenvalue weighted by Crippen LogP contribution is -2.16. The van der Waals surface area contributed by atoms with Gasteiger partial charge in [-0.1, -0.05) is 24.3 Å². The summed E-state index contributed by atoms with van der Waals surface area (Å²) in [4.78, 5) is 30.1. The smallest absolute Gasteiger partial charge is 0.335 e. The zero-order valence-corrected chi connectivity index (χ0v) is 26.2. The Labute approximate surface area is 274 Å². The molecule has 0 radical (unpaired) electrons. The maximum atomic E-state index is 15.5. The van der Waals surface area contributed by atoms with Crippen LogP contribution in [0.3, 0.4) is 0 Å². The number of methoxy groups -OCH3 is 1. The Morgan fingerprint density at radius 2 is 1.73 bits per heavy atom. The average molecular weight is 657 g/mol. The first-order valence-electron chi connectivity index (χ1n) is 14.9. The second-order valence-electron chi connectivity index (χ2n) is 11.5. The molecule has 5 aromatic rings. The topological polar surface area (TPSA) is 127 Å². The largest absolute Gasteiger partial charge is 0.478 e. The maximum absolute atomic E-state index is 15.5. The summed E-state index contributed by atoms with van der Waals surface area (Å²) in [5, 5.41) is 18.3. The molecule has 0 amide bonds. The summed E-state index contributed by atoms with van der Waals surface area (Å²) in [5.41, 5.74) is 2.57. The van der Waals surface area contributed by atoms with Crippen LogP contribution in [0.2, 0.25) is 0 Å². The molecule has 0 bridgehead atoms. The van der Waals surface area contributed by atoms with Crippen molar-refractivity contribution in [1.29, 1.82) is 5.26 Å². The highest BCUT2D eigenvalue weighted by Crippen LogP contribution is 2.48. The minimum Gasteiger partial charge on any atom is -0.478 e. The summed E-state index contributed by atoms with van der Waals surface area (Å²) in [6.45, 7) is 1.17. The molecule has 6 rings (SSSR count). The number of hydrogen-bond acceptors (Lipinski definition) is 7. The number of imidazole rings is 1. The fraction of sp³-hybridized carbons (Fsp3) is 0.250. The van der Waals surface area contributed by atoms with Gasteiger partial charge >= 0.3 is 11.9 Å². The van der Waals surface area contributed by atoms with Crippen LogP contribution in [0, 0.1) is 28.4 Å². The summed E-state index contributed by atoms with van der Waals surface area (Å²) in [7, 11) is 1.35. The van der Waals surface area contributed by atoms with E-state index in [0.29, 0.717) is 40.2 Å². The van der Waals surface area contributed by atoms with Crippen molar-refractivity contribution >= 4 is 23.0 Å². The van der Waals surface area contributed by atoms with Crippen LogP contribution < -0.4 is 4.74 Å². The molecular weight excluding hydrogens is 625 g/mol. The van der Waals surface area contributed by atoms with Crippen molar-refractivity contribution in [3.63, 3.8) is 0 Å². The van der Waals surface area contributed by atoms with E-state index in [2.05, 4.69) is 14.7 Å². The number of carboxylic acid groups (broad SMARTS) is 1. The molecule has 12 heteroatoms. The van der Waals surface area contributed by atoms with Gasteiger partial charge in [-0.15, -0.1) is 0 Å². The van der Waals surface area contributed by atoms with Gasteiger partial charge < -0.3 is 19.1 Å². The van der Waals surface area contributed by atoms with Gasteiger partial charge in [0, 0.05) is 42.5 Å². The highest BCUT2D eigenvalue weighted by Gasteiger charge is 2.43. The molecule has 1 N–H and O–H groups in total. The summed E-state index contributed by atoms with van der Waals surface area (Å²) in [6.07, 6.45) is 1.62. The first kappa shape index (κ1) is 33.7. The highest BCUT2D eigenvalue weighted by atomic mass is 19.1. The van der Waals surface area contributed by atoms with E-state index in [-0.39, 0.29) is 41.6 Å². The number of aromatic carboxylic acids is 1. The van der Waals surface area contributed by atoms with Crippen molar-refractivity contribution in [2.24, 2.45) is 5.41 Å². The van der Waals surface area contributed by atoms with Gasteiger partial charge in [-0.3, -0.25) is 9.18 Å². The number of pyridine rings is 1. The molecule has 1 fully saturated rings. The monoisotopic (exact) mass is 656 g/mol. The number of nitrogens with zero attached hydrogens (tertiary/aromatic N) is 4. The third-order valence-electron chi connectivity index (χ3n) is 8.07. The Balaban J connectivity index is 0.000000840. The number of hydrogen-bond donors (Lipinski definition) is 1. The number of carbonyl (C=O) groups is 2. The molecule has 0 spiro atoms. The van der Waals surface area contributed by atoms with E-state index in [9.17, 15) is 23.5 Å². The molecule has 1 aliphatic carbocycles. The molecule has 9 nitrogen and oxygen atoms in total. The van der Waals surface area contributed by atoms with Gasteiger partial charge in [0.05, 0.1) is 47.7 Å². The first-order valence-corrected chi connectivity index (χ1v) is 14.9. The van der Waals surface area contributed by atoms with Gasteiger partial charge in [0.2, 0.25) is 5.88 Å². The number of carboxylic acids is 1. The fourth-order valence-corrected chi connectivity index (χ4v) is 5.03. The minimum atomic E-state index is -1.08. The van der Waals surface area contributed by atoms with Crippen LogP contribution in [0.15, 0.2) is 72.8 Å². The number of alkyl halides is 1. The second kappa shape index (κ2) is 14.4. The number of aromatic nitrogens is 3. The van der Waals surface area contributed by atoms with Crippen LogP contribution >= 0.6 is 0 Å². The Bertz CT molecular complexity index is 2030. The van der Waals surface area contributed by atoms with Crippen molar-refractivity contribution in [3.8, 4) is 23.2 Å². The lowest BCUT2D eigenvalue weighted by atomic mass is 10.0. The van der Waals surface area contributed by atoms with Gasteiger partial charge in [0.1, 0.15) is 24.1 Å². The zero-order valence-electron chi connectivity index (χ0n) is 26.2. The SMILES string of the molecule is COC(C)=O.N#Cc1ccc(COc2cccc(-c3ccc(Cc4nc5cc(C(=O)O)ccc5n4CC4(CF)CC4)c(F)c3)n2)c(F)c1. The number of esters is 1.